The third-order valence-electron chi connectivity index (χ3n) is 6.57. The summed E-state index contributed by atoms with van der Waals surface area (Å²) in [6, 6.07) is 9.03. The zero-order chi connectivity index (χ0) is 19.0. The predicted molar refractivity (Wildman–Crippen MR) is 124 cm³/mol. The maximum atomic E-state index is 5.91. The third-order valence-corrected chi connectivity index (χ3v) is 6.57. The van der Waals surface area contributed by atoms with Gasteiger partial charge in [0.05, 0.1) is 18.9 Å². The summed E-state index contributed by atoms with van der Waals surface area (Å²) in [6.07, 6.45) is 2.62. The fourth-order valence-electron chi connectivity index (χ4n) is 5.12. The van der Waals surface area contributed by atoms with Crippen LogP contribution in [0.15, 0.2) is 29.3 Å². The number of halogens is 1. The highest BCUT2D eigenvalue weighted by molar-refractivity contribution is 14.0. The Morgan fingerprint density at radius 2 is 2.04 bits per heavy atom. The summed E-state index contributed by atoms with van der Waals surface area (Å²) in [6.45, 7) is 7.44. The zero-order valence-electron chi connectivity index (χ0n) is 17.3. The molecule has 2 heterocycles. The summed E-state index contributed by atoms with van der Waals surface area (Å²) in [5, 5.41) is 7.32. The van der Waals surface area contributed by atoms with E-state index in [9.17, 15) is 0 Å². The Balaban J connectivity index is 0.00000225. The van der Waals surface area contributed by atoms with Crippen LogP contribution in [0.2, 0.25) is 0 Å². The van der Waals surface area contributed by atoms with Crippen LogP contribution < -0.4 is 20.3 Å². The van der Waals surface area contributed by atoms with Gasteiger partial charge in [-0.2, -0.15) is 0 Å². The second-order valence-corrected chi connectivity index (χ2v) is 8.51. The summed E-state index contributed by atoms with van der Waals surface area (Å²) in [7, 11) is 3.59. The van der Waals surface area contributed by atoms with Crippen molar-refractivity contribution in [1.29, 1.82) is 0 Å². The lowest BCUT2D eigenvalue weighted by Gasteiger charge is -2.55. The van der Waals surface area contributed by atoms with Crippen LogP contribution in [0.5, 0.6) is 5.75 Å². The van der Waals surface area contributed by atoms with E-state index < -0.39 is 0 Å². The first-order valence-corrected chi connectivity index (χ1v) is 10.0. The molecule has 3 aliphatic rings. The Morgan fingerprint density at radius 3 is 2.79 bits per heavy atom. The Labute approximate surface area is 185 Å². The molecule has 0 bridgehead atoms. The number of methoxy groups -OCH3 is 1. The van der Waals surface area contributed by atoms with Gasteiger partial charge in [-0.05, 0) is 25.0 Å². The number of aliphatic imine (C=N–C) groups is 1. The van der Waals surface area contributed by atoms with Crippen molar-refractivity contribution >= 4 is 35.6 Å². The Hall–Kier alpha value is -1.22. The average molecular weight is 500 g/mol. The van der Waals surface area contributed by atoms with Gasteiger partial charge in [0.15, 0.2) is 5.96 Å². The molecule has 1 aliphatic carbocycles. The van der Waals surface area contributed by atoms with Crippen molar-refractivity contribution in [2.24, 2.45) is 16.3 Å². The number of fused-ring (bicyclic) bond motifs is 1. The second-order valence-electron chi connectivity index (χ2n) is 8.51. The number of hydrogen-bond acceptors (Lipinski definition) is 4. The minimum atomic E-state index is 0. The van der Waals surface area contributed by atoms with Gasteiger partial charge in [-0.3, -0.25) is 4.99 Å². The highest BCUT2D eigenvalue weighted by Crippen LogP contribution is 2.52. The number of nitrogens with one attached hydrogen (secondary N) is 2. The summed E-state index contributed by atoms with van der Waals surface area (Å²) in [4.78, 5) is 6.88. The van der Waals surface area contributed by atoms with Gasteiger partial charge in [0.1, 0.15) is 5.75 Å². The lowest BCUT2D eigenvalue weighted by molar-refractivity contribution is -0.106. The van der Waals surface area contributed by atoms with Gasteiger partial charge in [-0.25, -0.2) is 0 Å². The van der Waals surface area contributed by atoms with Crippen molar-refractivity contribution < 1.29 is 9.47 Å². The molecule has 0 spiro atoms. The number of rotatable bonds is 4. The summed E-state index contributed by atoms with van der Waals surface area (Å²) < 4.78 is 11.4. The molecule has 3 fully saturated rings. The predicted octanol–water partition coefficient (Wildman–Crippen LogP) is 2.87. The number of nitrogens with zero attached hydrogens (tertiary/aromatic N) is 2. The standard InChI is InChI=1S/C21H32N4O2.HI/c1-21(2)18(15-10-12-27-19(15)21)24-20(22-3)23-14-9-11-25(13-14)16-7-5-6-8-17(16)26-4;/h5-8,14-15,18-19H,9-13H2,1-4H3,(H2,22,23,24);1H. The van der Waals surface area contributed by atoms with Crippen LogP contribution in [-0.4, -0.2) is 58.0 Å². The van der Waals surface area contributed by atoms with Crippen molar-refractivity contribution in [2.45, 2.75) is 44.9 Å². The number of ether oxygens (including phenoxy) is 2. The molecule has 7 heteroatoms. The van der Waals surface area contributed by atoms with Crippen LogP contribution in [0.3, 0.4) is 0 Å². The van der Waals surface area contributed by atoms with E-state index in [4.69, 9.17) is 9.47 Å². The second kappa shape index (κ2) is 8.65. The molecule has 0 amide bonds. The molecule has 0 radical (unpaired) electrons. The van der Waals surface area contributed by atoms with Gasteiger partial charge in [0.25, 0.3) is 0 Å². The molecular weight excluding hydrogens is 467 g/mol. The number of para-hydroxylation sites is 2. The highest BCUT2D eigenvalue weighted by atomic mass is 127. The minimum Gasteiger partial charge on any atom is -0.495 e. The first-order chi connectivity index (χ1) is 13.0. The number of benzene rings is 1. The Morgan fingerprint density at radius 1 is 1.25 bits per heavy atom. The minimum absolute atomic E-state index is 0. The monoisotopic (exact) mass is 500 g/mol. The van der Waals surface area contributed by atoms with Gasteiger partial charge in [-0.1, -0.05) is 26.0 Å². The molecule has 1 saturated carbocycles. The fourth-order valence-corrected chi connectivity index (χ4v) is 5.12. The van der Waals surface area contributed by atoms with Gasteiger partial charge < -0.3 is 25.0 Å². The van der Waals surface area contributed by atoms with E-state index in [1.807, 2.05) is 19.2 Å². The van der Waals surface area contributed by atoms with Gasteiger partial charge >= 0.3 is 0 Å². The lowest BCUT2D eigenvalue weighted by Crippen LogP contribution is -2.68. The van der Waals surface area contributed by atoms with Crippen molar-refractivity contribution in [3.63, 3.8) is 0 Å². The molecule has 4 rings (SSSR count). The van der Waals surface area contributed by atoms with Crippen molar-refractivity contribution in [3.8, 4) is 5.75 Å². The van der Waals surface area contributed by atoms with E-state index in [0.717, 1.165) is 44.2 Å². The molecule has 1 aromatic rings. The number of guanidine groups is 1. The summed E-state index contributed by atoms with van der Waals surface area (Å²) in [5.41, 5.74) is 1.32. The normalized spacial score (nSPS) is 30.9. The van der Waals surface area contributed by atoms with E-state index in [1.165, 1.54) is 5.69 Å². The maximum Gasteiger partial charge on any atom is 0.191 e. The molecule has 2 N–H and O–H groups in total. The van der Waals surface area contributed by atoms with Gasteiger partial charge in [-0.15, -0.1) is 24.0 Å². The highest BCUT2D eigenvalue weighted by Gasteiger charge is 2.59. The molecule has 2 aliphatic heterocycles. The average Bonchev–Trinajstić information content (AvgIpc) is 3.33. The molecule has 2 saturated heterocycles. The van der Waals surface area contributed by atoms with Crippen LogP contribution in [0.1, 0.15) is 26.7 Å². The number of hydrogen-bond donors (Lipinski definition) is 2. The SMILES string of the molecule is CN=C(NC1CCN(c2ccccc2OC)C1)NC1C2CCOC2C1(C)C.I. The maximum absolute atomic E-state index is 5.91. The van der Waals surface area contributed by atoms with Gasteiger partial charge in [0, 0.05) is 50.2 Å². The lowest BCUT2D eigenvalue weighted by atomic mass is 9.57. The van der Waals surface area contributed by atoms with E-state index in [-0.39, 0.29) is 29.4 Å². The molecule has 4 unspecified atom stereocenters. The summed E-state index contributed by atoms with van der Waals surface area (Å²) in [5.74, 6) is 2.45. The van der Waals surface area contributed by atoms with E-state index in [2.05, 4.69) is 46.5 Å². The Kier molecular flexibility index (Phi) is 6.64. The van der Waals surface area contributed by atoms with Crippen LogP contribution >= 0.6 is 24.0 Å². The zero-order valence-corrected chi connectivity index (χ0v) is 19.6. The molecule has 0 aromatic heterocycles. The van der Waals surface area contributed by atoms with Crippen LogP contribution in [-0.2, 0) is 4.74 Å². The first-order valence-electron chi connectivity index (χ1n) is 10.0. The van der Waals surface area contributed by atoms with Crippen LogP contribution in [0, 0.1) is 11.3 Å². The smallest absolute Gasteiger partial charge is 0.191 e. The molecular formula is C21H33IN4O2. The van der Waals surface area contributed by atoms with Crippen molar-refractivity contribution in [3.05, 3.63) is 24.3 Å². The molecule has 1 aromatic carbocycles. The first kappa shape index (κ1) is 21.5. The van der Waals surface area contributed by atoms with Gasteiger partial charge in [0.2, 0.25) is 0 Å². The van der Waals surface area contributed by atoms with E-state index in [0.29, 0.717) is 24.1 Å². The number of anilines is 1. The topological polar surface area (TPSA) is 58.1 Å². The molecule has 28 heavy (non-hydrogen) atoms. The van der Waals surface area contributed by atoms with Crippen LogP contribution in [0.25, 0.3) is 0 Å². The van der Waals surface area contributed by atoms with Crippen molar-refractivity contribution in [1.82, 2.24) is 10.6 Å². The third kappa shape index (κ3) is 3.79. The largest absolute Gasteiger partial charge is 0.495 e. The van der Waals surface area contributed by atoms with E-state index in [1.54, 1.807) is 7.11 Å². The Bertz CT molecular complexity index is 711. The quantitative estimate of drug-likeness (QED) is 0.379. The van der Waals surface area contributed by atoms with E-state index >= 15 is 0 Å². The molecule has 6 nitrogen and oxygen atoms in total. The summed E-state index contributed by atoms with van der Waals surface area (Å²) >= 11 is 0. The fraction of sp³-hybridized carbons (Fsp3) is 0.667. The molecule has 156 valence electrons. The van der Waals surface area contributed by atoms with Crippen LogP contribution in [0.4, 0.5) is 5.69 Å². The van der Waals surface area contributed by atoms with Crippen molar-refractivity contribution in [2.75, 3.05) is 38.8 Å². The molecule has 4 atom stereocenters.